The number of rotatable bonds is 2. The van der Waals surface area contributed by atoms with Gasteiger partial charge in [-0.2, -0.15) is 0 Å². The van der Waals surface area contributed by atoms with Crippen LogP contribution in [0.2, 0.25) is 0 Å². The molecule has 0 bridgehead atoms. The smallest absolute Gasteiger partial charge is 0.331 e. The van der Waals surface area contributed by atoms with E-state index in [0.717, 1.165) is 50.5 Å². The number of hydrogen-bond acceptors (Lipinski definition) is 6. The van der Waals surface area contributed by atoms with Crippen LogP contribution in [0.1, 0.15) is 72.1 Å². The fourth-order valence-electron chi connectivity index (χ4n) is 8.71. The van der Waals surface area contributed by atoms with E-state index in [4.69, 9.17) is 9.47 Å². The lowest BCUT2D eigenvalue weighted by molar-refractivity contribution is -0.250. The molecule has 172 valence electrons. The summed E-state index contributed by atoms with van der Waals surface area (Å²) < 4.78 is 11.2. The number of aliphatic hydroxyl groups excluding tert-OH is 1. The van der Waals surface area contributed by atoms with Crippen molar-refractivity contribution in [3.8, 4) is 0 Å². The van der Waals surface area contributed by atoms with E-state index in [1.807, 2.05) is 0 Å². The second-order valence-electron chi connectivity index (χ2n) is 11.4. The third kappa shape index (κ3) is 2.90. The Labute approximate surface area is 184 Å². The van der Waals surface area contributed by atoms with E-state index in [1.165, 1.54) is 6.92 Å². The highest BCUT2D eigenvalue weighted by Gasteiger charge is 2.71. The minimum Gasteiger partial charge on any atom is -0.462 e. The zero-order valence-electron chi connectivity index (χ0n) is 18.9. The molecule has 5 aliphatic rings. The Kier molecular flexibility index (Phi) is 4.88. The van der Waals surface area contributed by atoms with Crippen LogP contribution < -0.4 is 0 Å². The van der Waals surface area contributed by atoms with Gasteiger partial charge in [-0.25, -0.2) is 4.79 Å². The molecule has 0 saturated heterocycles. The van der Waals surface area contributed by atoms with Crippen molar-refractivity contribution >= 4 is 11.9 Å². The summed E-state index contributed by atoms with van der Waals surface area (Å²) in [7, 11) is 0. The number of fused-ring (bicyclic) bond motifs is 5. The molecule has 5 rings (SSSR count). The first-order chi connectivity index (χ1) is 14.6. The standard InChI is InChI=1S/C25H36O6/c1-14(26)31-21-12-20-19(5-4-16-11-17(27)6-8-23(16,20)2)25(29)9-7-18(24(21,25)3)15-10-22(28)30-13-15/h10,16-21,27,29H,4-9,11-13H2,1-3H3/t16-,17+,18-,19-,20+,21?,23?,24?,25+/m1/s1. The predicted molar refractivity (Wildman–Crippen MR) is 113 cm³/mol. The number of esters is 2. The summed E-state index contributed by atoms with van der Waals surface area (Å²) in [4.78, 5) is 24.0. The second-order valence-corrected chi connectivity index (χ2v) is 11.4. The van der Waals surface area contributed by atoms with Crippen molar-refractivity contribution < 1.29 is 29.3 Å². The predicted octanol–water partition coefficient (Wildman–Crippen LogP) is 3.15. The van der Waals surface area contributed by atoms with Gasteiger partial charge in [-0.3, -0.25) is 4.79 Å². The van der Waals surface area contributed by atoms with Gasteiger partial charge in [0.15, 0.2) is 0 Å². The lowest BCUT2D eigenvalue weighted by atomic mass is 9.42. The van der Waals surface area contributed by atoms with Gasteiger partial charge in [0, 0.05) is 18.4 Å². The highest BCUT2D eigenvalue weighted by Crippen LogP contribution is 2.70. The summed E-state index contributed by atoms with van der Waals surface area (Å²) in [6.07, 6.45) is 7.69. The van der Waals surface area contributed by atoms with Crippen molar-refractivity contribution in [3.05, 3.63) is 11.6 Å². The number of hydrogen-bond donors (Lipinski definition) is 2. The van der Waals surface area contributed by atoms with E-state index in [-0.39, 0.29) is 47.8 Å². The van der Waals surface area contributed by atoms with Crippen LogP contribution in [0, 0.1) is 34.5 Å². The van der Waals surface area contributed by atoms with Crippen LogP contribution in [0.4, 0.5) is 0 Å². The number of aliphatic hydroxyl groups is 2. The van der Waals surface area contributed by atoms with Gasteiger partial charge in [0.05, 0.1) is 11.7 Å². The van der Waals surface area contributed by atoms with Crippen molar-refractivity contribution in [1.29, 1.82) is 0 Å². The van der Waals surface area contributed by atoms with Gasteiger partial charge in [0.2, 0.25) is 0 Å². The summed E-state index contributed by atoms with van der Waals surface area (Å²) in [6, 6.07) is 0. The van der Waals surface area contributed by atoms with Crippen LogP contribution in [-0.4, -0.2) is 46.6 Å². The molecule has 2 N–H and O–H groups in total. The van der Waals surface area contributed by atoms with Gasteiger partial charge in [0.1, 0.15) is 12.7 Å². The summed E-state index contributed by atoms with van der Waals surface area (Å²) in [5.74, 6) is 0.180. The molecule has 6 heteroatoms. The Morgan fingerprint density at radius 3 is 2.58 bits per heavy atom. The molecule has 4 aliphatic carbocycles. The second kappa shape index (κ2) is 7.05. The molecular formula is C25H36O6. The molecule has 0 amide bonds. The summed E-state index contributed by atoms with van der Waals surface area (Å²) in [5.41, 5.74) is -0.616. The fraction of sp³-hybridized carbons (Fsp3) is 0.840. The molecule has 0 aromatic rings. The van der Waals surface area contributed by atoms with Gasteiger partial charge in [-0.15, -0.1) is 0 Å². The van der Waals surface area contributed by atoms with Crippen molar-refractivity contribution in [1.82, 2.24) is 0 Å². The fourth-order valence-corrected chi connectivity index (χ4v) is 8.71. The van der Waals surface area contributed by atoms with Crippen molar-refractivity contribution in [2.75, 3.05) is 6.61 Å². The molecular weight excluding hydrogens is 396 g/mol. The zero-order chi connectivity index (χ0) is 22.2. The van der Waals surface area contributed by atoms with Crippen LogP contribution >= 0.6 is 0 Å². The van der Waals surface area contributed by atoms with E-state index < -0.39 is 17.1 Å². The lowest BCUT2D eigenvalue weighted by Gasteiger charge is -2.65. The molecule has 4 fully saturated rings. The Bertz CT molecular complexity index is 821. The Morgan fingerprint density at radius 1 is 1.13 bits per heavy atom. The maximum absolute atomic E-state index is 12.4. The molecule has 4 saturated carbocycles. The third-order valence-corrected chi connectivity index (χ3v) is 10.3. The zero-order valence-corrected chi connectivity index (χ0v) is 18.9. The van der Waals surface area contributed by atoms with Crippen LogP contribution in [0.25, 0.3) is 0 Å². The van der Waals surface area contributed by atoms with Gasteiger partial charge >= 0.3 is 11.9 Å². The van der Waals surface area contributed by atoms with Crippen LogP contribution in [-0.2, 0) is 19.1 Å². The molecule has 0 aromatic carbocycles. The maximum atomic E-state index is 12.4. The van der Waals surface area contributed by atoms with E-state index >= 15 is 0 Å². The molecule has 0 aromatic heterocycles. The Balaban J connectivity index is 1.56. The molecule has 6 nitrogen and oxygen atoms in total. The first-order valence-electron chi connectivity index (χ1n) is 12.0. The van der Waals surface area contributed by atoms with Crippen molar-refractivity contribution in [2.24, 2.45) is 34.5 Å². The van der Waals surface area contributed by atoms with Crippen molar-refractivity contribution in [3.63, 3.8) is 0 Å². The van der Waals surface area contributed by atoms with Crippen molar-refractivity contribution in [2.45, 2.75) is 89.9 Å². The van der Waals surface area contributed by atoms with E-state index in [9.17, 15) is 19.8 Å². The average molecular weight is 433 g/mol. The van der Waals surface area contributed by atoms with E-state index in [2.05, 4.69) is 13.8 Å². The number of ether oxygens (including phenoxy) is 2. The Morgan fingerprint density at radius 2 is 1.90 bits per heavy atom. The van der Waals surface area contributed by atoms with Crippen LogP contribution in [0.3, 0.4) is 0 Å². The SMILES string of the molecule is CC(=O)OC1C[C@H]2[C@@H](CC[C@@H]3C[C@@H](O)CCC32C)[C@@]2(O)CC[C@H](C3=CC(=O)OC3)C12C. The molecule has 0 spiro atoms. The van der Waals surface area contributed by atoms with Crippen LogP contribution in [0.5, 0.6) is 0 Å². The van der Waals surface area contributed by atoms with Gasteiger partial charge in [-0.05, 0) is 86.0 Å². The minimum absolute atomic E-state index is 0.0343. The molecule has 1 heterocycles. The molecule has 31 heavy (non-hydrogen) atoms. The summed E-state index contributed by atoms with van der Waals surface area (Å²) >= 11 is 0. The van der Waals surface area contributed by atoms with Gasteiger partial charge in [-0.1, -0.05) is 13.8 Å². The van der Waals surface area contributed by atoms with Crippen LogP contribution in [0.15, 0.2) is 11.6 Å². The maximum Gasteiger partial charge on any atom is 0.331 e. The summed E-state index contributed by atoms with van der Waals surface area (Å²) in [6.45, 7) is 6.14. The van der Waals surface area contributed by atoms with E-state index in [0.29, 0.717) is 12.3 Å². The first-order valence-corrected chi connectivity index (χ1v) is 12.0. The third-order valence-electron chi connectivity index (χ3n) is 10.3. The highest BCUT2D eigenvalue weighted by atomic mass is 16.5. The number of carbonyl (C=O) groups is 2. The molecule has 9 atom stereocenters. The molecule has 1 aliphatic heterocycles. The van der Waals surface area contributed by atoms with E-state index in [1.54, 1.807) is 6.08 Å². The Hall–Kier alpha value is -1.40. The summed E-state index contributed by atoms with van der Waals surface area (Å²) in [5, 5.41) is 22.7. The molecule has 3 unspecified atom stereocenters. The monoisotopic (exact) mass is 432 g/mol. The minimum atomic E-state index is -0.947. The topological polar surface area (TPSA) is 93.1 Å². The van der Waals surface area contributed by atoms with Gasteiger partial charge < -0.3 is 19.7 Å². The normalized spacial score (nSPS) is 51.3. The number of cyclic esters (lactones) is 1. The number of carbonyl (C=O) groups excluding carboxylic acids is 2. The van der Waals surface area contributed by atoms with Gasteiger partial charge in [0.25, 0.3) is 0 Å². The average Bonchev–Trinajstić information content (AvgIpc) is 3.24. The molecule has 0 radical (unpaired) electrons. The lowest BCUT2D eigenvalue weighted by Crippen LogP contribution is -2.67. The quantitative estimate of drug-likeness (QED) is 0.651. The first kappa shape index (κ1) is 21.4. The highest BCUT2D eigenvalue weighted by molar-refractivity contribution is 5.85. The largest absolute Gasteiger partial charge is 0.462 e.